The minimum absolute atomic E-state index is 0.0542. The Bertz CT molecular complexity index is 737. The Labute approximate surface area is 145 Å². The number of aryl methyl sites for hydroxylation is 3. The number of carbonyl (C=O) groups excluding carboxylic acids is 1. The molecule has 128 valence electrons. The van der Waals surface area contributed by atoms with E-state index in [-0.39, 0.29) is 11.9 Å². The third-order valence-electron chi connectivity index (χ3n) is 4.62. The summed E-state index contributed by atoms with van der Waals surface area (Å²) in [5.41, 5.74) is 5.81. The highest BCUT2D eigenvalue weighted by molar-refractivity contribution is 5.81. The molecule has 0 unspecified atom stereocenters. The molecule has 2 rings (SSSR count). The van der Waals surface area contributed by atoms with Crippen LogP contribution in [0.4, 0.5) is 0 Å². The number of amides is 1. The van der Waals surface area contributed by atoms with E-state index in [0.717, 1.165) is 22.4 Å². The van der Waals surface area contributed by atoms with Gasteiger partial charge in [0.25, 0.3) is 5.91 Å². The normalized spacial score (nSPS) is 13.2. The average Bonchev–Trinajstić information content (AvgIpc) is 2.54. The Morgan fingerprint density at radius 2 is 1.67 bits per heavy atom. The number of carbonyl (C=O) groups is 1. The van der Waals surface area contributed by atoms with Crippen molar-refractivity contribution >= 4 is 5.91 Å². The Morgan fingerprint density at radius 1 is 0.958 bits per heavy atom. The highest BCUT2D eigenvalue weighted by atomic mass is 16.5. The molecule has 0 aliphatic rings. The van der Waals surface area contributed by atoms with Crippen LogP contribution < -0.4 is 10.1 Å². The van der Waals surface area contributed by atoms with Gasteiger partial charge < -0.3 is 10.1 Å². The summed E-state index contributed by atoms with van der Waals surface area (Å²) < 4.78 is 5.86. The van der Waals surface area contributed by atoms with Crippen molar-refractivity contribution in [2.24, 2.45) is 0 Å². The monoisotopic (exact) mass is 325 g/mol. The smallest absolute Gasteiger partial charge is 0.261 e. The lowest BCUT2D eigenvalue weighted by atomic mass is 10.0. The number of benzene rings is 2. The third kappa shape index (κ3) is 4.16. The summed E-state index contributed by atoms with van der Waals surface area (Å²) in [4.78, 5) is 12.4. The molecule has 3 heteroatoms. The number of hydrogen-bond acceptors (Lipinski definition) is 2. The van der Waals surface area contributed by atoms with Crippen LogP contribution in [0.15, 0.2) is 36.4 Å². The summed E-state index contributed by atoms with van der Waals surface area (Å²) in [7, 11) is 0. The molecule has 0 bridgehead atoms. The lowest BCUT2D eigenvalue weighted by Gasteiger charge is -2.20. The van der Waals surface area contributed by atoms with Crippen molar-refractivity contribution in [2.45, 2.75) is 53.7 Å². The van der Waals surface area contributed by atoms with Crippen molar-refractivity contribution in [1.29, 1.82) is 0 Å². The van der Waals surface area contributed by atoms with E-state index in [9.17, 15) is 4.79 Å². The van der Waals surface area contributed by atoms with Gasteiger partial charge in [-0.25, -0.2) is 0 Å². The first-order chi connectivity index (χ1) is 11.3. The lowest BCUT2D eigenvalue weighted by Crippen LogP contribution is -2.37. The van der Waals surface area contributed by atoms with Crippen molar-refractivity contribution in [2.75, 3.05) is 0 Å². The molecule has 3 nitrogen and oxygen atoms in total. The molecular formula is C21H27NO2. The molecule has 0 spiro atoms. The van der Waals surface area contributed by atoms with Crippen LogP contribution >= 0.6 is 0 Å². The Kier molecular flexibility index (Phi) is 5.66. The van der Waals surface area contributed by atoms with Crippen LogP contribution in [-0.2, 0) is 4.79 Å². The zero-order valence-electron chi connectivity index (χ0n) is 15.4. The lowest BCUT2D eigenvalue weighted by molar-refractivity contribution is -0.127. The van der Waals surface area contributed by atoms with E-state index < -0.39 is 6.10 Å². The molecule has 0 heterocycles. The zero-order valence-corrected chi connectivity index (χ0v) is 15.4. The molecule has 1 amide bonds. The van der Waals surface area contributed by atoms with E-state index in [1.165, 1.54) is 11.1 Å². The maximum Gasteiger partial charge on any atom is 0.261 e. The number of rotatable bonds is 5. The molecule has 2 atom stereocenters. The predicted molar refractivity (Wildman–Crippen MR) is 98.5 cm³/mol. The molecule has 1 N–H and O–H groups in total. The van der Waals surface area contributed by atoms with Crippen molar-refractivity contribution in [3.05, 3.63) is 64.2 Å². The second-order valence-electron chi connectivity index (χ2n) is 6.53. The zero-order chi connectivity index (χ0) is 17.9. The quantitative estimate of drug-likeness (QED) is 0.875. The van der Waals surface area contributed by atoms with Gasteiger partial charge in [-0.05, 0) is 75.4 Å². The standard InChI is InChI=1S/C21H27NO2/c1-13-10-11-19(12-15(13)3)17(5)22-21(23)18(6)24-20-9-7-8-14(2)16(20)4/h7-12,17-18H,1-6H3,(H,22,23)/t17-,18-/m1/s1. The molecule has 0 aliphatic heterocycles. The van der Waals surface area contributed by atoms with Gasteiger partial charge >= 0.3 is 0 Å². The van der Waals surface area contributed by atoms with Crippen LogP contribution in [-0.4, -0.2) is 12.0 Å². The van der Waals surface area contributed by atoms with Gasteiger partial charge in [-0.15, -0.1) is 0 Å². The fraction of sp³-hybridized carbons (Fsp3) is 0.381. The Hall–Kier alpha value is -2.29. The Balaban J connectivity index is 2.02. The molecule has 2 aromatic carbocycles. The van der Waals surface area contributed by atoms with Crippen LogP contribution in [0.2, 0.25) is 0 Å². The first-order valence-electron chi connectivity index (χ1n) is 8.40. The van der Waals surface area contributed by atoms with Gasteiger partial charge in [0.1, 0.15) is 5.75 Å². The summed E-state index contributed by atoms with van der Waals surface area (Å²) >= 11 is 0. The van der Waals surface area contributed by atoms with E-state index in [1.54, 1.807) is 6.92 Å². The average molecular weight is 325 g/mol. The number of hydrogen-bond donors (Lipinski definition) is 1. The van der Waals surface area contributed by atoms with Crippen molar-refractivity contribution in [1.82, 2.24) is 5.32 Å². The van der Waals surface area contributed by atoms with Crippen LogP contribution in [0.5, 0.6) is 5.75 Å². The van der Waals surface area contributed by atoms with Crippen LogP contribution in [0.25, 0.3) is 0 Å². The highest BCUT2D eigenvalue weighted by Crippen LogP contribution is 2.22. The molecule has 0 aliphatic carbocycles. The third-order valence-corrected chi connectivity index (χ3v) is 4.62. The van der Waals surface area contributed by atoms with Gasteiger partial charge in [-0.2, -0.15) is 0 Å². The molecule has 24 heavy (non-hydrogen) atoms. The van der Waals surface area contributed by atoms with E-state index in [4.69, 9.17) is 4.74 Å². The van der Waals surface area contributed by atoms with Gasteiger partial charge in [0, 0.05) is 0 Å². The summed E-state index contributed by atoms with van der Waals surface area (Å²) in [6.45, 7) is 12.0. The van der Waals surface area contributed by atoms with E-state index in [1.807, 2.05) is 39.0 Å². The minimum atomic E-state index is -0.542. The van der Waals surface area contributed by atoms with Crippen molar-refractivity contribution in [3.63, 3.8) is 0 Å². The van der Waals surface area contributed by atoms with Crippen molar-refractivity contribution < 1.29 is 9.53 Å². The maximum atomic E-state index is 12.4. The van der Waals surface area contributed by atoms with E-state index in [0.29, 0.717) is 0 Å². The summed E-state index contributed by atoms with van der Waals surface area (Å²) in [6, 6.07) is 12.1. The fourth-order valence-corrected chi connectivity index (χ4v) is 2.54. The van der Waals surface area contributed by atoms with E-state index >= 15 is 0 Å². The molecular weight excluding hydrogens is 298 g/mol. The van der Waals surface area contributed by atoms with Crippen LogP contribution in [0, 0.1) is 27.7 Å². The summed E-state index contributed by atoms with van der Waals surface area (Å²) in [5.74, 6) is 0.651. The molecule has 0 saturated carbocycles. The first-order valence-corrected chi connectivity index (χ1v) is 8.40. The van der Waals surface area contributed by atoms with Gasteiger partial charge in [-0.3, -0.25) is 4.79 Å². The highest BCUT2D eigenvalue weighted by Gasteiger charge is 2.18. The van der Waals surface area contributed by atoms with Crippen LogP contribution in [0.1, 0.15) is 47.7 Å². The van der Waals surface area contributed by atoms with Crippen molar-refractivity contribution in [3.8, 4) is 5.75 Å². The maximum absolute atomic E-state index is 12.4. The molecule has 0 fully saturated rings. The largest absolute Gasteiger partial charge is 0.481 e. The molecule has 0 radical (unpaired) electrons. The molecule has 2 aromatic rings. The second-order valence-corrected chi connectivity index (χ2v) is 6.53. The van der Waals surface area contributed by atoms with Gasteiger partial charge in [-0.1, -0.05) is 30.3 Å². The topological polar surface area (TPSA) is 38.3 Å². The van der Waals surface area contributed by atoms with Gasteiger partial charge in [0.15, 0.2) is 6.10 Å². The summed E-state index contributed by atoms with van der Waals surface area (Å²) in [6.07, 6.45) is -0.542. The number of nitrogens with one attached hydrogen (secondary N) is 1. The SMILES string of the molecule is Cc1ccc([C@@H](C)NC(=O)[C@@H](C)Oc2cccc(C)c2C)cc1C. The van der Waals surface area contributed by atoms with Gasteiger partial charge in [0.2, 0.25) is 0 Å². The molecule has 0 saturated heterocycles. The van der Waals surface area contributed by atoms with Crippen LogP contribution in [0.3, 0.4) is 0 Å². The number of ether oxygens (including phenoxy) is 1. The predicted octanol–water partition coefficient (Wildman–Crippen LogP) is 4.56. The van der Waals surface area contributed by atoms with Gasteiger partial charge in [0.05, 0.1) is 6.04 Å². The minimum Gasteiger partial charge on any atom is -0.481 e. The Morgan fingerprint density at radius 3 is 2.33 bits per heavy atom. The second kappa shape index (κ2) is 7.52. The summed E-state index contributed by atoms with van der Waals surface area (Å²) in [5, 5.41) is 3.03. The first kappa shape index (κ1) is 18.1. The van der Waals surface area contributed by atoms with E-state index in [2.05, 4.69) is 37.4 Å². The molecule has 0 aromatic heterocycles. The fourth-order valence-electron chi connectivity index (χ4n) is 2.54.